The summed E-state index contributed by atoms with van der Waals surface area (Å²) in [6, 6.07) is 16.0. The molecule has 0 spiro atoms. The van der Waals surface area contributed by atoms with Crippen molar-refractivity contribution in [1.29, 1.82) is 0 Å². The molecule has 0 saturated carbocycles. The minimum absolute atomic E-state index is 0.229. The van der Waals surface area contributed by atoms with Crippen molar-refractivity contribution in [3.63, 3.8) is 0 Å². The van der Waals surface area contributed by atoms with E-state index in [1.54, 1.807) is 30.3 Å². The van der Waals surface area contributed by atoms with Crippen LogP contribution >= 0.6 is 0 Å². The first-order valence-corrected chi connectivity index (χ1v) is 8.77. The molecule has 0 unspecified atom stereocenters. The molecule has 1 amide bonds. The van der Waals surface area contributed by atoms with Crippen molar-refractivity contribution in [2.24, 2.45) is 0 Å². The zero-order valence-electron chi connectivity index (χ0n) is 15.6. The summed E-state index contributed by atoms with van der Waals surface area (Å²) in [5, 5.41) is 5.95. The van der Waals surface area contributed by atoms with Gasteiger partial charge in [-0.25, -0.2) is 14.8 Å². The molecule has 0 aliphatic carbocycles. The van der Waals surface area contributed by atoms with Crippen molar-refractivity contribution in [2.75, 3.05) is 17.7 Å². The van der Waals surface area contributed by atoms with E-state index in [9.17, 15) is 9.59 Å². The topological polar surface area (TPSA) is 93.2 Å². The van der Waals surface area contributed by atoms with E-state index in [-0.39, 0.29) is 11.6 Å². The summed E-state index contributed by atoms with van der Waals surface area (Å²) in [4.78, 5) is 32.4. The lowest BCUT2D eigenvalue weighted by atomic mass is 10.1. The van der Waals surface area contributed by atoms with Gasteiger partial charge >= 0.3 is 5.97 Å². The highest BCUT2D eigenvalue weighted by Crippen LogP contribution is 2.19. The maximum atomic E-state index is 12.6. The number of aryl methyl sites for hydroxylation is 1. The van der Waals surface area contributed by atoms with Crippen molar-refractivity contribution < 1.29 is 14.3 Å². The van der Waals surface area contributed by atoms with E-state index in [0.717, 1.165) is 17.7 Å². The maximum Gasteiger partial charge on any atom is 0.337 e. The molecule has 3 rings (SSSR count). The summed E-state index contributed by atoms with van der Waals surface area (Å²) in [5.74, 6) is -0.318. The van der Waals surface area contributed by atoms with E-state index in [0.29, 0.717) is 17.1 Å². The van der Waals surface area contributed by atoms with Gasteiger partial charge in [0.25, 0.3) is 5.91 Å². The Morgan fingerprint density at radius 2 is 1.86 bits per heavy atom. The number of hydrogen-bond donors (Lipinski definition) is 2. The van der Waals surface area contributed by atoms with Crippen molar-refractivity contribution in [3.05, 3.63) is 77.7 Å². The van der Waals surface area contributed by atoms with E-state index in [1.165, 1.54) is 13.4 Å². The molecule has 7 heteroatoms. The number of amides is 1. The van der Waals surface area contributed by atoms with Gasteiger partial charge in [0.15, 0.2) is 0 Å². The average Bonchev–Trinajstić information content (AvgIpc) is 2.74. The number of carbonyl (C=O) groups is 2. The number of esters is 1. The third-order valence-corrected chi connectivity index (χ3v) is 4.10. The van der Waals surface area contributed by atoms with E-state index < -0.39 is 5.97 Å². The third-order valence-electron chi connectivity index (χ3n) is 4.10. The third kappa shape index (κ3) is 4.50. The number of benzene rings is 2. The minimum atomic E-state index is -0.430. The summed E-state index contributed by atoms with van der Waals surface area (Å²) in [6.45, 7) is 2.03. The number of ether oxygens (including phenoxy) is 1. The summed E-state index contributed by atoms with van der Waals surface area (Å²) in [6.07, 6.45) is 2.12. The smallest absolute Gasteiger partial charge is 0.337 e. The van der Waals surface area contributed by atoms with Gasteiger partial charge in [0.2, 0.25) is 0 Å². The van der Waals surface area contributed by atoms with Crippen LogP contribution in [0.25, 0.3) is 0 Å². The Balaban J connectivity index is 1.77. The SMILES string of the molecule is CCc1ccccc1NC(=O)c1cc(Nc2cccc(C(=O)OC)c2)ncn1. The van der Waals surface area contributed by atoms with Crippen LogP contribution in [0.3, 0.4) is 0 Å². The summed E-state index contributed by atoms with van der Waals surface area (Å²) in [7, 11) is 1.33. The highest BCUT2D eigenvalue weighted by molar-refractivity contribution is 6.03. The largest absolute Gasteiger partial charge is 0.465 e. The fraction of sp³-hybridized carbons (Fsp3) is 0.143. The number of aromatic nitrogens is 2. The van der Waals surface area contributed by atoms with Gasteiger partial charge in [-0.05, 0) is 36.2 Å². The molecule has 3 aromatic rings. The lowest BCUT2D eigenvalue weighted by Crippen LogP contribution is -2.15. The van der Waals surface area contributed by atoms with Crippen molar-refractivity contribution >= 4 is 29.1 Å². The van der Waals surface area contributed by atoms with Gasteiger partial charge in [-0.2, -0.15) is 0 Å². The van der Waals surface area contributed by atoms with Gasteiger partial charge in [-0.3, -0.25) is 4.79 Å². The molecule has 0 aliphatic rings. The summed E-state index contributed by atoms with van der Waals surface area (Å²) >= 11 is 0. The molecule has 0 atom stereocenters. The first-order chi connectivity index (χ1) is 13.6. The highest BCUT2D eigenvalue weighted by Gasteiger charge is 2.12. The number of hydrogen-bond acceptors (Lipinski definition) is 6. The molecule has 2 aromatic carbocycles. The van der Waals surface area contributed by atoms with Crippen molar-refractivity contribution in [2.45, 2.75) is 13.3 Å². The Kier molecular flexibility index (Phi) is 5.96. The Bertz CT molecular complexity index is 1000. The van der Waals surface area contributed by atoms with Crippen molar-refractivity contribution in [1.82, 2.24) is 9.97 Å². The molecule has 0 radical (unpaired) electrons. The number of methoxy groups -OCH3 is 1. The number of nitrogens with one attached hydrogen (secondary N) is 2. The molecule has 0 fully saturated rings. The lowest BCUT2D eigenvalue weighted by molar-refractivity contribution is 0.0600. The van der Waals surface area contributed by atoms with Crippen LogP contribution in [0, 0.1) is 0 Å². The average molecular weight is 376 g/mol. The first-order valence-electron chi connectivity index (χ1n) is 8.77. The first kappa shape index (κ1) is 19.0. The van der Waals surface area contributed by atoms with Gasteiger partial charge in [0.05, 0.1) is 12.7 Å². The van der Waals surface area contributed by atoms with Crippen LogP contribution in [-0.2, 0) is 11.2 Å². The Morgan fingerprint density at radius 3 is 2.64 bits per heavy atom. The number of rotatable bonds is 6. The van der Waals surface area contributed by atoms with Gasteiger partial charge in [0, 0.05) is 17.4 Å². The van der Waals surface area contributed by atoms with Gasteiger partial charge < -0.3 is 15.4 Å². The number of para-hydroxylation sites is 1. The zero-order valence-corrected chi connectivity index (χ0v) is 15.6. The molecule has 2 N–H and O–H groups in total. The molecule has 1 heterocycles. The van der Waals surface area contributed by atoms with Crippen LogP contribution in [0.2, 0.25) is 0 Å². The molecular formula is C21H20N4O3. The van der Waals surface area contributed by atoms with E-state index >= 15 is 0 Å². The molecule has 0 saturated heterocycles. The van der Waals surface area contributed by atoms with Crippen LogP contribution in [0.5, 0.6) is 0 Å². The fourth-order valence-corrected chi connectivity index (χ4v) is 2.68. The summed E-state index contributed by atoms with van der Waals surface area (Å²) in [5.41, 5.74) is 3.09. The lowest BCUT2D eigenvalue weighted by Gasteiger charge is -2.10. The second-order valence-corrected chi connectivity index (χ2v) is 5.95. The van der Waals surface area contributed by atoms with Crippen LogP contribution < -0.4 is 10.6 Å². The second-order valence-electron chi connectivity index (χ2n) is 5.95. The minimum Gasteiger partial charge on any atom is -0.465 e. The normalized spacial score (nSPS) is 10.2. The maximum absolute atomic E-state index is 12.6. The molecule has 1 aromatic heterocycles. The predicted octanol–water partition coefficient (Wildman–Crippen LogP) is 3.82. The number of carbonyl (C=O) groups excluding carboxylic acids is 2. The van der Waals surface area contributed by atoms with Gasteiger partial charge in [-0.15, -0.1) is 0 Å². The number of nitrogens with zero attached hydrogens (tertiary/aromatic N) is 2. The Hall–Kier alpha value is -3.74. The second kappa shape index (κ2) is 8.77. The Morgan fingerprint density at radius 1 is 1.04 bits per heavy atom. The summed E-state index contributed by atoms with van der Waals surface area (Å²) < 4.78 is 4.72. The quantitative estimate of drug-likeness (QED) is 0.635. The number of anilines is 3. The van der Waals surface area contributed by atoms with Crippen LogP contribution in [-0.4, -0.2) is 29.0 Å². The van der Waals surface area contributed by atoms with Gasteiger partial charge in [-0.1, -0.05) is 31.2 Å². The molecule has 0 bridgehead atoms. The predicted molar refractivity (Wildman–Crippen MR) is 107 cm³/mol. The highest BCUT2D eigenvalue weighted by atomic mass is 16.5. The molecule has 7 nitrogen and oxygen atoms in total. The van der Waals surface area contributed by atoms with Crippen LogP contribution in [0.1, 0.15) is 33.3 Å². The fourth-order valence-electron chi connectivity index (χ4n) is 2.68. The zero-order chi connectivity index (χ0) is 19.9. The Labute approximate surface area is 162 Å². The molecule has 0 aliphatic heterocycles. The monoisotopic (exact) mass is 376 g/mol. The van der Waals surface area contributed by atoms with E-state index in [2.05, 4.69) is 20.6 Å². The molecule has 142 valence electrons. The van der Waals surface area contributed by atoms with Gasteiger partial charge in [0.1, 0.15) is 17.8 Å². The van der Waals surface area contributed by atoms with Crippen LogP contribution in [0.4, 0.5) is 17.2 Å². The standard InChI is InChI=1S/C21H20N4O3/c1-3-14-7-4-5-10-17(14)25-20(26)18-12-19(23-13-22-18)24-16-9-6-8-15(11-16)21(27)28-2/h4-13H,3H2,1-2H3,(H,25,26)(H,22,23,24). The van der Waals surface area contributed by atoms with E-state index in [4.69, 9.17) is 4.74 Å². The molecular weight excluding hydrogens is 356 g/mol. The molecule has 28 heavy (non-hydrogen) atoms. The van der Waals surface area contributed by atoms with Crippen LogP contribution in [0.15, 0.2) is 60.9 Å². The van der Waals surface area contributed by atoms with E-state index in [1.807, 2.05) is 31.2 Å². The van der Waals surface area contributed by atoms with Crippen molar-refractivity contribution in [3.8, 4) is 0 Å².